The van der Waals surface area contributed by atoms with Crippen LogP contribution in [0.25, 0.3) is 0 Å². The summed E-state index contributed by atoms with van der Waals surface area (Å²) in [6, 6.07) is 5.59. The SMILES string of the molecule is CCC(CC)CN1C(=O)C2(OCCCO2)c2cc(C(=O)N3CCCCC3)ccc21. The van der Waals surface area contributed by atoms with Crippen molar-refractivity contribution in [3.63, 3.8) is 0 Å². The summed E-state index contributed by atoms with van der Waals surface area (Å²) in [5.74, 6) is -1.09. The Hall–Kier alpha value is -1.92. The van der Waals surface area contributed by atoms with Crippen LogP contribution in [0.3, 0.4) is 0 Å². The number of nitrogens with zero attached hydrogens (tertiary/aromatic N) is 2. The lowest BCUT2D eigenvalue weighted by molar-refractivity contribution is -0.256. The maximum absolute atomic E-state index is 13.5. The Kier molecular flexibility index (Phi) is 5.93. The topological polar surface area (TPSA) is 59.1 Å². The van der Waals surface area contributed by atoms with Crippen molar-refractivity contribution in [3.8, 4) is 0 Å². The minimum atomic E-state index is -1.39. The van der Waals surface area contributed by atoms with Crippen LogP contribution in [0, 0.1) is 5.92 Å². The minimum Gasteiger partial charge on any atom is -0.339 e. The third kappa shape index (κ3) is 3.57. The molecule has 1 aromatic carbocycles. The van der Waals surface area contributed by atoms with Crippen molar-refractivity contribution in [1.82, 2.24) is 4.90 Å². The van der Waals surface area contributed by atoms with Gasteiger partial charge in [0, 0.05) is 30.8 Å². The zero-order chi connectivity index (χ0) is 20.4. The Morgan fingerprint density at radius 3 is 2.41 bits per heavy atom. The van der Waals surface area contributed by atoms with Crippen LogP contribution in [-0.4, -0.2) is 49.6 Å². The van der Waals surface area contributed by atoms with Crippen LogP contribution in [0.4, 0.5) is 5.69 Å². The average molecular weight is 401 g/mol. The van der Waals surface area contributed by atoms with Gasteiger partial charge in [0.2, 0.25) is 0 Å². The summed E-state index contributed by atoms with van der Waals surface area (Å²) in [6.45, 7) is 7.51. The first-order valence-corrected chi connectivity index (χ1v) is 11.1. The van der Waals surface area contributed by atoms with Gasteiger partial charge in [-0.15, -0.1) is 0 Å². The highest BCUT2D eigenvalue weighted by molar-refractivity contribution is 6.07. The second-order valence-electron chi connectivity index (χ2n) is 8.35. The molecular weight excluding hydrogens is 368 g/mol. The molecule has 4 rings (SSSR count). The second kappa shape index (κ2) is 8.44. The molecule has 0 atom stereocenters. The van der Waals surface area contributed by atoms with Gasteiger partial charge in [-0.05, 0) is 49.8 Å². The molecule has 6 heteroatoms. The van der Waals surface area contributed by atoms with Gasteiger partial charge in [-0.2, -0.15) is 0 Å². The number of carbonyl (C=O) groups is 2. The Morgan fingerprint density at radius 1 is 1.07 bits per heavy atom. The number of benzene rings is 1. The molecule has 1 aromatic rings. The van der Waals surface area contributed by atoms with Crippen LogP contribution in [0.5, 0.6) is 0 Å². The number of hydrogen-bond donors (Lipinski definition) is 0. The number of likely N-dealkylation sites (tertiary alicyclic amines) is 1. The Bertz CT molecular complexity index is 762. The number of carbonyl (C=O) groups excluding carboxylic acids is 2. The number of fused-ring (bicyclic) bond motifs is 2. The van der Waals surface area contributed by atoms with E-state index in [1.807, 2.05) is 28.0 Å². The summed E-state index contributed by atoms with van der Waals surface area (Å²) < 4.78 is 12.0. The fraction of sp³-hybridized carbons (Fsp3) is 0.652. The first-order valence-electron chi connectivity index (χ1n) is 11.1. The van der Waals surface area contributed by atoms with Crippen LogP contribution >= 0.6 is 0 Å². The molecule has 3 aliphatic heterocycles. The summed E-state index contributed by atoms with van der Waals surface area (Å²) in [5.41, 5.74) is 2.12. The average Bonchev–Trinajstić information content (AvgIpc) is 3.00. The predicted molar refractivity (Wildman–Crippen MR) is 111 cm³/mol. The van der Waals surface area contributed by atoms with E-state index >= 15 is 0 Å². The van der Waals surface area contributed by atoms with Crippen molar-refractivity contribution in [2.75, 3.05) is 37.7 Å². The molecule has 3 heterocycles. The van der Waals surface area contributed by atoms with E-state index in [-0.39, 0.29) is 11.8 Å². The number of rotatable bonds is 5. The van der Waals surface area contributed by atoms with Gasteiger partial charge in [-0.25, -0.2) is 0 Å². The van der Waals surface area contributed by atoms with Crippen molar-refractivity contribution in [2.24, 2.45) is 5.92 Å². The van der Waals surface area contributed by atoms with Crippen LogP contribution in [-0.2, 0) is 20.1 Å². The summed E-state index contributed by atoms with van der Waals surface area (Å²) in [6.07, 6.45) is 6.07. The van der Waals surface area contributed by atoms with E-state index in [1.54, 1.807) is 0 Å². The van der Waals surface area contributed by atoms with Gasteiger partial charge in [0.1, 0.15) is 0 Å². The fourth-order valence-electron chi connectivity index (χ4n) is 4.65. The highest BCUT2D eigenvalue weighted by Gasteiger charge is 2.55. The maximum Gasteiger partial charge on any atom is 0.292 e. The third-order valence-electron chi connectivity index (χ3n) is 6.55. The number of hydrogen-bond acceptors (Lipinski definition) is 4. The first kappa shape index (κ1) is 20.4. The second-order valence-corrected chi connectivity index (χ2v) is 8.35. The van der Waals surface area contributed by atoms with Crippen LogP contribution in [0.1, 0.15) is 68.3 Å². The molecule has 0 saturated carbocycles. The number of piperidine rings is 1. The zero-order valence-corrected chi connectivity index (χ0v) is 17.6. The molecule has 0 aliphatic carbocycles. The molecule has 6 nitrogen and oxygen atoms in total. The molecule has 0 aromatic heterocycles. The van der Waals surface area contributed by atoms with E-state index in [0.717, 1.165) is 50.9 Å². The molecule has 2 amide bonds. The van der Waals surface area contributed by atoms with Crippen molar-refractivity contribution < 1.29 is 19.1 Å². The van der Waals surface area contributed by atoms with E-state index in [0.29, 0.717) is 36.8 Å². The monoisotopic (exact) mass is 400 g/mol. The maximum atomic E-state index is 13.5. The Labute approximate surface area is 173 Å². The van der Waals surface area contributed by atoms with Gasteiger partial charge < -0.3 is 19.3 Å². The molecule has 0 N–H and O–H groups in total. The molecular formula is C23H32N2O4. The standard InChI is InChI=1S/C23H32N2O4/c1-3-17(4-2)16-25-20-10-9-18(21(26)24-11-6-5-7-12-24)15-19(20)23(22(25)27)28-13-8-14-29-23/h9-10,15,17H,3-8,11-14,16H2,1-2H3. The quantitative estimate of drug-likeness (QED) is 0.756. The van der Waals surface area contributed by atoms with Crippen LogP contribution in [0.2, 0.25) is 0 Å². The van der Waals surface area contributed by atoms with Crippen molar-refractivity contribution in [1.29, 1.82) is 0 Å². The van der Waals surface area contributed by atoms with Gasteiger partial charge in [0.25, 0.3) is 17.6 Å². The molecule has 1 spiro atoms. The predicted octanol–water partition coefficient (Wildman–Crippen LogP) is 3.69. The first-order chi connectivity index (χ1) is 14.1. The van der Waals surface area contributed by atoms with Gasteiger partial charge in [0.05, 0.1) is 18.9 Å². The van der Waals surface area contributed by atoms with E-state index in [1.165, 1.54) is 6.42 Å². The fourth-order valence-corrected chi connectivity index (χ4v) is 4.65. The molecule has 0 radical (unpaired) electrons. The highest BCUT2D eigenvalue weighted by Crippen LogP contribution is 2.46. The van der Waals surface area contributed by atoms with Gasteiger partial charge in [-0.1, -0.05) is 26.7 Å². The lowest BCUT2D eigenvalue weighted by Crippen LogP contribution is -2.48. The molecule has 0 bridgehead atoms. The van der Waals surface area contributed by atoms with Crippen molar-refractivity contribution in [3.05, 3.63) is 29.3 Å². The lowest BCUT2D eigenvalue weighted by Gasteiger charge is -2.33. The number of anilines is 1. The van der Waals surface area contributed by atoms with E-state index in [9.17, 15) is 9.59 Å². The molecule has 2 saturated heterocycles. The third-order valence-corrected chi connectivity index (χ3v) is 6.55. The van der Waals surface area contributed by atoms with Crippen molar-refractivity contribution >= 4 is 17.5 Å². The smallest absolute Gasteiger partial charge is 0.292 e. The van der Waals surface area contributed by atoms with E-state index < -0.39 is 5.79 Å². The number of amides is 2. The van der Waals surface area contributed by atoms with Gasteiger partial charge in [-0.3, -0.25) is 9.59 Å². The summed E-state index contributed by atoms with van der Waals surface area (Å²) in [7, 11) is 0. The Balaban J connectivity index is 1.70. The van der Waals surface area contributed by atoms with Crippen LogP contribution in [0.15, 0.2) is 18.2 Å². The normalized spacial score (nSPS) is 21.1. The molecule has 158 valence electrons. The van der Waals surface area contributed by atoms with Gasteiger partial charge >= 0.3 is 0 Å². The highest BCUT2D eigenvalue weighted by atomic mass is 16.7. The summed E-state index contributed by atoms with van der Waals surface area (Å²) in [5, 5.41) is 0. The molecule has 3 aliphatic rings. The molecule has 2 fully saturated rings. The summed E-state index contributed by atoms with van der Waals surface area (Å²) in [4.78, 5) is 30.2. The Morgan fingerprint density at radius 2 is 1.76 bits per heavy atom. The van der Waals surface area contributed by atoms with Crippen molar-refractivity contribution in [2.45, 2.75) is 58.2 Å². The number of ether oxygens (including phenoxy) is 2. The lowest BCUT2D eigenvalue weighted by atomic mass is 10.0. The zero-order valence-electron chi connectivity index (χ0n) is 17.6. The minimum absolute atomic E-state index is 0.0318. The largest absolute Gasteiger partial charge is 0.339 e. The van der Waals surface area contributed by atoms with Crippen LogP contribution < -0.4 is 4.90 Å². The van der Waals surface area contributed by atoms with E-state index in [2.05, 4.69) is 13.8 Å². The van der Waals surface area contributed by atoms with Gasteiger partial charge in [0.15, 0.2) is 0 Å². The summed E-state index contributed by atoms with van der Waals surface area (Å²) >= 11 is 0. The molecule has 0 unspecified atom stereocenters. The van der Waals surface area contributed by atoms with E-state index in [4.69, 9.17) is 9.47 Å². The molecule has 29 heavy (non-hydrogen) atoms.